The molecule has 0 saturated carbocycles. The van der Waals surface area contributed by atoms with Crippen molar-refractivity contribution in [1.29, 1.82) is 0 Å². The topological polar surface area (TPSA) is 15.3 Å². The van der Waals surface area contributed by atoms with E-state index in [-0.39, 0.29) is 5.54 Å². The summed E-state index contributed by atoms with van der Waals surface area (Å²) in [6, 6.07) is 27.0. The first-order valence-corrected chi connectivity index (χ1v) is 18.8. The SMILES string of the molecule is C=C(/C=C\CCNc1ccc(C2=CC3c4ccccc4N(C4=CC=CCC4)C3(C)C=C2)cc1)C1=CCC(c2ccc(C3=CCCC=C3)cc2)C=C1. The summed E-state index contributed by atoms with van der Waals surface area (Å²) in [6.07, 6.45) is 38.6. The molecule has 2 heteroatoms. The van der Waals surface area contributed by atoms with Crippen LogP contribution in [0.1, 0.15) is 79.5 Å². The molecule has 1 aliphatic heterocycles. The van der Waals surface area contributed by atoms with Crippen molar-refractivity contribution in [3.8, 4) is 0 Å². The van der Waals surface area contributed by atoms with Crippen LogP contribution in [0.25, 0.3) is 11.1 Å². The number of para-hydroxylation sites is 1. The summed E-state index contributed by atoms with van der Waals surface area (Å²) in [5.41, 5.74) is 14.1. The lowest BCUT2D eigenvalue weighted by atomic mass is 9.77. The first kappa shape index (κ1) is 32.8. The molecular formula is C49H48N2. The summed E-state index contributed by atoms with van der Waals surface area (Å²) in [6.45, 7) is 7.63. The van der Waals surface area contributed by atoms with Gasteiger partial charge in [-0.05, 0) is 114 Å². The molecule has 0 amide bonds. The summed E-state index contributed by atoms with van der Waals surface area (Å²) in [4.78, 5) is 2.59. The third kappa shape index (κ3) is 6.76. The standard InChI is InChI=1S/C49H48N2/c1-36(37-20-22-40(23-21-37)41-26-24-39(25-27-41)38-14-5-3-6-15-38)13-11-12-34-50-44-30-28-42(29-31-44)43-32-33-49(2)47(35-43)46-18-9-10-19-48(46)51(49)45-16-7-4-8-17-45/h4-5,7,9-11,13-16,18-22,24-33,35,40,47,50H,1,3,6,8,12,17,23,34H2,2H3/b13-11-. The average Bonchev–Trinajstić information content (AvgIpc) is 3.46. The lowest BCUT2D eigenvalue weighted by Crippen LogP contribution is -2.44. The van der Waals surface area contributed by atoms with Crippen LogP contribution in [0, 0.1) is 0 Å². The van der Waals surface area contributed by atoms with E-state index in [0.717, 1.165) is 56.3 Å². The number of fused-ring (bicyclic) bond motifs is 3. The van der Waals surface area contributed by atoms with E-state index in [1.54, 1.807) is 0 Å². The van der Waals surface area contributed by atoms with Gasteiger partial charge in [-0.1, -0.05) is 140 Å². The molecule has 0 spiro atoms. The third-order valence-electron chi connectivity index (χ3n) is 11.2. The van der Waals surface area contributed by atoms with Crippen LogP contribution >= 0.6 is 0 Å². The molecule has 0 saturated heterocycles. The highest BCUT2D eigenvalue weighted by molar-refractivity contribution is 5.82. The second-order valence-corrected chi connectivity index (χ2v) is 14.5. The smallest absolute Gasteiger partial charge is 0.0709 e. The van der Waals surface area contributed by atoms with Gasteiger partial charge in [-0.3, -0.25) is 0 Å². The van der Waals surface area contributed by atoms with Crippen molar-refractivity contribution >= 4 is 22.5 Å². The Balaban J connectivity index is 0.831. The van der Waals surface area contributed by atoms with Gasteiger partial charge in [-0.25, -0.2) is 0 Å². The fourth-order valence-corrected chi connectivity index (χ4v) is 8.29. The largest absolute Gasteiger partial charge is 0.385 e. The van der Waals surface area contributed by atoms with Crippen LogP contribution in [0.3, 0.4) is 0 Å². The highest BCUT2D eigenvalue weighted by atomic mass is 15.2. The van der Waals surface area contributed by atoms with Crippen LogP contribution < -0.4 is 10.2 Å². The predicted octanol–water partition coefficient (Wildman–Crippen LogP) is 12.6. The van der Waals surface area contributed by atoms with Gasteiger partial charge in [0.25, 0.3) is 0 Å². The van der Waals surface area contributed by atoms with E-state index in [9.17, 15) is 0 Å². The van der Waals surface area contributed by atoms with Crippen molar-refractivity contribution in [3.63, 3.8) is 0 Å². The second kappa shape index (κ2) is 14.5. The van der Waals surface area contributed by atoms with E-state index in [1.807, 2.05) is 0 Å². The van der Waals surface area contributed by atoms with Crippen molar-refractivity contribution in [2.24, 2.45) is 0 Å². The zero-order valence-corrected chi connectivity index (χ0v) is 29.8. The van der Waals surface area contributed by atoms with Crippen molar-refractivity contribution < 1.29 is 0 Å². The Morgan fingerprint density at radius 3 is 2.47 bits per heavy atom. The number of anilines is 2. The molecule has 3 atom stereocenters. The summed E-state index contributed by atoms with van der Waals surface area (Å²) in [5.74, 6) is 0.726. The highest BCUT2D eigenvalue weighted by Crippen LogP contribution is 2.54. The quantitative estimate of drug-likeness (QED) is 0.171. The summed E-state index contributed by atoms with van der Waals surface area (Å²) < 4.78 is 0. The number of hydrogen-bond donors (Lipinski definition) is 1. The Hall–Kier alpha value is -5.34. The van der Waals surface area contributed by atoms with Crippen LogP contribution in [0.15, 0.2) is 181 Å². The number of hydrogen-bond acceptors (Lipinski definition) is 2. The minimum Gasteiger partial charge on any atom is -0.385 e. The van der Waals surface area contributed by atoms with Crippen molar-refractivity contribution in [2.75, 3.05) is 16.8 Å². The van der Waals surface area contributed by atoms with Gasteiger partial charge in [0.05, 0.1) is 5.54 Å². The lowest BCUT2D eigenvalue weighted by Gasteiger charge is -2.41. The maximum absolute atomic E-state index is 4.36. The molecule has 0 radical (unpaired) electrons. The average molecular weight is 665 g/mol. The van der Waals surface area contributed by atoms with E-state index in [0.29, 0.717) is 11.8 Å². The van der Waals surface area contributed by atoms with Crippen LogP contribution in [0.4, 0.5) is 11.4 Å². The summed E-state index contributed by atoms with van der Waals surface area (Å²) in [5, 5.41) is 3.60. The Kier molecular flexibility index (Phi) is 9.33. The first-order chi connectivity index (χ1) is 25.1. The highest BCUT2D eigenvalue weighted by Gasteiger charge is 2.48. The predicted molar refractivity (Wildman–Crippen MR) is 219 cm³/mol. The zero-order chi connectivity index (χ0) is 34.6. The van der Waals surface area contributed by atoms with Gasteiger partial charge >= 0.3 is 0 Å². The monoisotopic (exact) mass is 664 g/mol. The molecule has 51 heavy (non-hydrogen) atoms. The molecule has 8 rings (SSSR count). The zero-order valence-electron chi connectivity index (χ0n) is 29.8. The molecular weight excluding hydrogens is 617 g/mol. The van der Waals surface area contributed by atoms with Gasteiger partial charge in [-0.15, -0.1) is 0 Å². The first-order valence-electron chi connectivity index (χ1n) is 18.8. The molecule has 4 aliphatic carbocycles. The molecule has 3 unspecified atom stereocenters. The lowest BCUT2D eigenvalue weighted by molar-refractivity contribution is 0.521. The maximum Gasteiger partial charge on any atom is 0.0709 e. The summed E-state index contributed by atoms with van der Waals surface area (Å²) in [7, 11) is 0. The van der Waals surface area contributed by atoms with Gasteiger partial charge in [0.15, 0.2) is 0 Å². The molecule has 2 nitrogen and oxygen atoms in total. The Bertz CT molecular complexity index is 2070. The number of benzene rings is 3. The minimum atomic E-state index is -0.103. The summed E-state index contributed by atoms with van der Waals surface area (Å²) >= 11 is 0. The van der Waals surface area contributed by atoms with Crippen molar-refractivity contribution in [2.45, 2.75) is 62.8 Å². The van der Waals surface area contributed by atoms with Crippen molar-refractivity contribution in [1.82, 2.24) is 0 Å². The molecule has 3 aromatic carbocycles. The van der Waals surface area contributed by atoms with Crippen LogP contribution in [-0.2, 0) is 0 Å². The van der Waals surface area contributed by atoms with Gasteiger partial charge in [0, 0.05) is 35.5 Å². The molecule has 1 heterocycles. The maximum atomic E-state index is 4.36. The Labute approximate surface area is 304 Å². The van der Waals surface area contributed by atoms with E-state index < -0.39 is 0 Å². The van der Waals surface area contributed by atoms with E-state index in [4.69, 9.17) is 0 Å². The van der Waals surface area contributed by atoms with Crippen molar-refractivity contribution in [3.05, 3.63) is 204 Å². The molecule has 0 bridgehead atoms. The number of allylic oxidation sites excluding steroid dienone is 16. The molecule has 5 aliphatic rings. The van der Waals surface area contributed by atoms with Crippen LogP contribution in [0.2, 0.25) is 0 Å². The fraction of sp³-hybridized carbons (Fsp3) is 0.224. The van der Waals surface area contributed by atoms with Gasteiger partial charge in [0.2, 0.25) is 0 Å². The fourth-order valence-electron chi connectivity index (χ4n) is 8.29. The third-order valence-corrected chi connectivity index (χ3v) is 11.2. The normalized spacial score (nSPS) is 23.4. The second-order valence-electron chi connectivity index (χ2n) is 14.5. The number of nitrogens with zero attached hydrogens (tertiary/aromatic N) is 1. The minimum absolute atomic E-state index is 0.103. The number of rotatable bonds is 10. The molecule has 1 N–H and O–H groups in total. The van der Waals surface area contributed by atoms with Gasteiger partial charge < -0.3 is 10.2 Å². The van der Waals surface area contributed by atoms with Crippen LogP contribution in [-0.4, -0.2) is 12.1 Å². The van der Waals surface area contributed by atoms with E-state index in [1.165, 1.54) is 50.4 Å². The molecule has 3 aromatic rings. The van der Waals surface area contributed by atoms with Gasteiger partial charge in [-0.2, -0.15) is 0 Å². The molecule has 0 aromatic heterocycles. The van der Waals surface area contributed by atoms with E-state index in [2.05, 4.69) is 182 Å². The Morgan fingerprint density at radius 1 is 0.882 bits per heavy atom. The van der Waals surface area contributed by atoms with E-state index >= 15 is 0 Å². The Morgan fingerprint density at radius 2 is 1.71 bits per heavy atom. The molecule has 0 fully saturated rings. The number of nitrogens with one attached hydrogen (secondary N) is 1. The van der Waals surface area contributed by atoms with Gasteiger partial charge in [0.1, 0.15) is 0 Å². The molecule has 254 valence electrons. The van der Waals surface area contributed by atoms with Crippen LogP contribution in [0.5, 0.6) is 0 Å².